The molecule has 1 N–H and O–H groups in total. The van der Waals surface area contributed by atoms with Crippen LogP contribution < -0.4 is 5.32 Å². The summed E-state index contributed by atoms with van der Waals surface area (Å²) in [7, 11) is 0. The van der Waals surface area contributed by atoms with Crippen molar-refractivity contribution in [3.63, 3.8) is 0 Å². The quantitative estimate of drug-likeness (QED) is 0.465. The lowest BCUT2D eigenvalue weighted by molar-refractivity contribution is -0.115. The molecule has 1 aromatic carbocycles. The van der Waals surface area contributed by atoms with Crippen molar-refractivity contribution in [2.45, 2.75) is 43.1 Å². The number of likely N-dealkylation sites (tertiary alicyclic amines) is 1. The van der Waals surface area contributed by atoms with Crippen molar-refractivity contribution < 1.29 is 4.79 Å². The molecular formula is C22H24Cl2N6OS. The number of pyridine rings is 1. The highest BCUT2D eigenvalue weighted by Crippen LogP contribution is 2.28. The summed E-state index contributed by atoms with van der Waals surface area (Å²) in [5, 5.41) is 12.6. The van der Waals surface area contributed by atoms with Crippen molar-refractivity contribution in [1.29, 1.82) is 0 Å². The molecule has 1 aliphatic rings. The first-order chi connectivity index (χ1) is 15.5. The Labute approximate surface area is 201 Å². The lowest BCUT2D eigenvalue weighted by Gasteiger charge is -2.26. The Morgan fingerprint density at radius 2 is 1.91 bits per heavy atom. The molecule has 0 radical (unpaired) electrons. The molecule has 4 rings (SSSR count). The number of carbonyl (C=O) groups is 1. The van der Waals surface area contributed by atoms with Crippen LogP contribution in [0.5, 0.6) is 0 Å². The number of benzene rings is 1. The van der Waals surface area contributed by atoms with Crippen molar-refractivity contribution in [2.75, 3.05) is 18.4 Å². The molecule has 1 saturated heterocycles. The van der Waals surface area contributed by atoms with Gasteiger partial charge in [0.1, 0.15) is 0 Å². The summed E-state index contributed by atoms with van der Waals surface area (Å²) in [6.45, 7) is 4.68. The van der Waals surface area contributed by atoms with Gasteiger partial charge >= 0.3 is 0 Å². The molecular weight excluding hydrogens is 467 g/mol. The maximum Gasteiger partial charge on any atom is 0.238 e. The molecule has 168 valence electrons. The third-order valence-corrected chi connectivity index (χ3v) is 6.77. The molecule has 0 unspecified atom stereocenters. The second kappa shape index (κ2) is 10.7. The summed E-state index contributed by atoms with van der Waals surface area (Å²) in [4.78, 5) is 19.3. The molecule has 1 atom stereocenters. The standard InChI is InChI=1S/C22H24Cl2N6OS/c1-15(21(31)26-20-18(24)12-16(23)13-25-20)32-22-28-27-19(14-29-10-6-3-7-11-29)30(22)17-8-4-2-5-9-17/h2,4-5,8-9,12-13,15H,3,6-7,10-11,14H2,1H3,(H,25,26,31)/t15-/m1/s1. The fraction of sp³-hybridized carbons (Fsp3) is 0.364. The van der Waals surface area contributed by atoms with E-state index in [2.05, 4.69) is 25.4 Å². The summed E-state index contributed by atoms with van der Waals surface area (Å²) < 4.78 is 2.04. The van der Waals surface area contributed by atoms with Gasteiger partial charge in [0.2, 0.25) is 5.91 Å². The zero-order valence-electron chi connectivity index (χ0n) is 17.7. The van der Waals surface area contributed by atoms with Gasteiger partial charge in [-0.3, -0.25) is 14.3 Å². The van der Waals surface area contributed by atoms with Gasteiger partial charge in [0, 0.05) is 11.9 Å². The van der Waals surface area contributed by atoms with E-state index in [-0.39, 0.29) is 11.7 Å². The topological polar surface area (TPSA) is 75.9 Å². The van der Waals surface area contributed by atoms with Crippen LogP contribution in [0.15, 0.2) is 47.8 Å². The number of halogens is 2. The maximum absolute atomic E-state index is 12.8. The Morgan fingerprint density at radius 3 is 2.62 bits per heavy atom. The van der Waals surface area contributed by atoms with Gasteiger partial charge in [-0.1, -0.05) is 59.6 Å². The van der Waals surface area contributed by atoms with Gasteiger partial charge < -0.3 is 5.32 Å². The van der Waals surface area contributed by atoms with Crippen LogP contribution in [0.2, 0.25) is 10.0 Å². The first-order valence-electron chi connectivity index (χ1n) is 10.5. The number of aromatic nitrogens is 4. The third kappa shape index (κ3) is 5.61. The first kappa shape index (κ1) is 23.0. The molecule has 0 bridgehead atoms. The average molecular weight is 491 g/mol. The number of para-hydroxylation sites is 1. The van der Waals surface area contributed by atoms with Gasteiger partial charge in [-0.05, 0) is 51.1 Å². The summed E-state index contributed by atoms with van der Waals surface area (Å²) in [5.41, 5.74) is 0.974. The van der Waals surface area contributed by atoms with Gasteiger partial charge in [-0.25, -0.2) is 4.98 Å². The SMILES string of the molecule is C[C@@H](Sc1nnc(CN2CCCCC2)n1-c1ccccc1)C(=O)Nc1ncc(Cl)cc1Cl. The maximum atomic E-state index is 12.8. The third-order valence-electron chi connectivity index (χ3n) is 5.23. The zero-order chi connectivity index (χ0) is 22.5. The highest BCUT2D eigenvalue weighted by atomic mass is 35.5. The summed E-state index contributed by atoms with van der Waals surface area (Å²) in [6, 6.07) is 11.5. The molecule has 7 nitrogen and oxygen atoms in total. The Morgan fingerprint density at radius 1 is 1.16 bits per heavy atom. The number of hydrogen-bond acceptors (Lipinski definition) is 6. The number of carbonyl (C=O) groups excluding carboxylic acids is 1. The number of hydrogen-bond donors (Lipinski definition) is 1. The smallest absolute Gasteiger partial charge is 0.238 e. The summed E-state index contributed by atoms with van der Waals surface area (Å²) in [6.07, 6.45) is 5.14. The Bertz CT molecular complexity index is 1070. The lowest BCUT2D eigenvalue weighted by Crippen LogP contribution is -2.30. The number of thioether (sulfide) groups is 1. The van der Waals surface area contributed by atoms with E-state index >= 15 is 0 Å². The van der Waals surface area contributed by atoms with Crippen LogP contribution >= 0.6 is 35.0 Å². The number of rotatable bonds is 7. The van der Waals surface area contributed by atoms with Crippen LogP contribution in [0.4, 0.5) is 5.82 Å². The lowest BCUT2D eigenvalue weighted by atomic mass is 10.1. The van der Waals surface area contributed by atoms with E-state index in [9.17, 15) is 4.79 Å². The molecule has 0 saturated carbocycles. The van der Waals surface area contributed by atoms with E-state index in [1.54, 1.807) is 6.07 Å². The van der Waals surface area contributed by atoms with Crippen LogP contribution in [0, 0.1) is 0 Å². The van der Waals surface area contributed by atoms with Crippen molar-refractivity contribution in [2.24, 2.45) is 0 Å². The van der Waals surface area contributed by atoms with Gasteiger partial charge in [0.05, 0.1) is 21.8 Å². The van der Waals surface area contributed by atoms with E-state index in [0.29, 0.717) is 15.2 Å². The van der Waals surface area contributed by atoms with Gasteiger partial charge in [-0.2, -0.15) is 0 Å². The minimum Gasteiger partial charge on any atom is -0.308 e. The molecule has 2 aromatic heterocycles. The predicted octanol–water partition coefficient (Wildman–Crippen LogP) is 5.07. The Balaban J connectivity index is 1.53. The van der Waals surface area contributed by atoms with E-state index in [0.717, 1.165) is 31.1 Å². The number of anilines is 1. The normalized spacial score (nSPS) is 15.5. The molecule has 1 aliphatic heterocycles. The summed E-state index contributed by atoms with van der Waals surface area (Å²) >= 11 is 13.4. The van der Waals surface area contributed by atoms with E-state index in [1.807, 2.05) is 41.8 Å². The molecule has 1 amide bonds. The fourth-order valence-corrected chi connectivity index (χ4v) is 4.88. The second-order valence-corrected chi connectivity index (χ2v) is 9.79. The molecule has 0 spiro atoms. The largest absolute Gasteiger partial charge is 0.308 e. The average Bonchev–Trinajstić information content (AvgIpc) is 3.18. The van der Waals surface area contributed by atoms with Crippen LogP contribution in [0.1, 0.15) is 32.0 Å². The van der Waals surface area contributed by atoms with E-state index < -0.39 is 5.25 Å². The predicted molar refractivity (Wildman–Crippen MR) is 129 cm³/mol. The Kier molecular flexibility index (Phi) is 7.67. The number of nitrogens with zero attached hydrogens (tertiary/aromatic N) is 5. The van der Waals surface area contributed by atoms with Crippen LogP contribution in [-0.2, 0) is 11.3 Å². The fourth-order valence-electron chi connectivity index (χ4n) is 3.57. The first-order valence-corrected chi connectivity index (χ1v) is 12.2. The van der Waals surface area contributed by atoms with E-state index in [4.69, 9.17) is 23.2 Å². The Hall–Kier alpha value is -2.13. The van der Waals surface area contributed by atoms with Crippen molar-refractivity contribution in [3.8, 4) is 5.69 Å². The monoisotopic (exact) mass is 490 g/mol. The molecule has 0 aliphatic carbocycles. The second-order valence-electron chi connectivity index (χ2n) is 7.64. The van der Waals surface area contributed by atoms with Crippen molar-refractivity contribution in [1.82, 2.24) is 24.6 Å². The molecule has 3 aromatic rings. The number of piperidine rings is 1. The molecule has 1 fully saturated rings. The van der Waals surface area contributed by atoms with Crippen LogP contribution in [0.3, 0.4) is 0 Å². The van der Waals surface area contributed by atoms with Crippen molar-refractivity contribution in [3.05, 3.63) is 58.5 Å². The minimum atomic E-state index is -0.446. The molecule has 32 heavy (non-hydrogen) atoms. The van der Waals surface area contributed by atoms with Gasteiger partial charge in [0.25, 0.3) is 0 Å². The minimum absolute atomic E-state index is 0.230. The van der Waals surface area contributed by atoms with Gasteiger partial charge in [0.15, 0.2) is 16.8 Å². The summed E-state index contributed by atoms with van der Waals surface area (Å²) in [5.74, 6) is 0.923. The van der Waals surface area contributed by atoms with Crippen LogP contribution in [-0.4, -0.2) is 48.9 Å². The zero-order valence-corrected chi connectivity index (χ0v) is 20.0. The number of nitrogens with one attached hydrogen (secondary N) is 1. The van der Waals surface area contributed by atoms with E-state index in [1.165, 1.54) is 37.2 Å². The van der Waals surface area contributed by atoms with Crippen LogP contribution in [0.25, 0.3) is 5.69 Å². The number of amides is 1. The molecule has 10 heteroatoms. The molecule has 3 heterocycles. The van der Waals surface area contributed by atoms with Crippen molar-refractivity contribution >= 4 is 46.7 Å². The van der Waals surface area contributed by atoms with Gasteiger partial charge in [-0.15, -0.1) is 10.2 Å². The highest BCUT2D eigenvalue weighted by Gasteiger charge is 2.23. The highest BCUT2D eigenvalue weighted by molar-refractivity contribution is 8.00.